The van der Waals surface area contributed by atoms with E-state index in [4.69, 9.17) is 11.6 Å². The van der Waals surface area contributed by atoms with Gasteiger partial charge < -0.3 is 9.64 Å². The van der Waals surface area contributed by atoms with E-state index in [9.17, 15) is 22.8 Å². The summed E-state index contributed by atoms with van der Waals surface area (Å²) in [6.45, 7) is 0. The van der Waals surface area contributed by atoms with Crippen LogP contribution in [0.15, 0.2) is 29.1 Å². The van der Waals surface area contributed by atoms with E-state index < -0.39 is 17.7 Å². The molecule has 0 bridgehead atoms. The van der Waals surface area contributed by atoms with Gasteiger partial charge in [0.1, 0.15) is 11.4 Å². The summed E-state index contributed by atoms with van der Waals surface area (Å²) in [5.74, 6) is -0.553. The summed E-state index contributed by atoms with van der Waals surface area (Å²) < 4.78 is 41.2. The summed E-state index contributed by atoms with van der Waals surface area (Å²) in [4.78, 5) is 32.9. The molecule has 1 heterocycles. The standard InChI is InChI=1S/C19H19ClF3N3O3/c1-26(2)18-24-14(9-17(28)25-18)15(27)8-12(10-3-4-10)11-5-6-16(13(20)7-11)29-19(21,22)23/h5-7,9-10,12H,3-4,8H2,1-2H3,(H,24,25,28)/t12-/m1/s1. The van der Waals surface area contributed by atoms with Crippen molar-refractivity contribution in [3.05, 3.63) is 50.9 Å². The molecule has 2 aromatic rings. The lowest BCUT2D eigenvalue weighted by Gasteiger charge is -2.18. The van der Waals surface area contributed by atoms with Gasteiger partial charge in [0.2, 0.25) is 5.95 Å². The molecular weight excluding hydrogens is 411 g/mol. The maximum absolute atomic E-state index is 12.8. The molecule has 1 aliphatic rings. The average molecular weight is 430 g/mol. The third kappa shape index (κ3) is 5.50. The fourth-order valence-corrected chi connectivity index (χ4v) is 3.34. The van der Waals surface area contributed by atoms with Crippen molar-refractivity contribution in [2.24, 2.45) is 5.92 Å². The van der Waals surface area contributed by atoms with Crippen LogP contribution in [0.25, 0.3) is 0 Å². The lowest BCUT2D eigenvalue weighted by Crippen LogP contribution is -2.21. The van der Waals surface area contributed by atoms with E-state index in [1.807, 2.05) is 0 Å². The molecule has 0 aliphatic heterocycles. The smallest absolute Gasteiger partial charge is 0.404 e. The fourth-order valence-electron chi connectivity index (χ4n) is 3.11. The van der Waals surface area contributed by atoms with E-state index in [1.54, 1.807) is 19.0 Å². The van der Waals surface area contributed by atoms with E-state index >= 15 is 0 Å². The second-order valence-electron chi connectivity index (χ2n) is 7.16. The highest BCUT2D eigenvalue weighted by molar-refractivity contribution is 6.32. The second kappa shape index (κ2) is 8.06. The Kier molecular flexibility index (Phi) is 5.88. The van der Waals surface area contributed by atoms with Gasteiger partial charge >= 0.3 is 6.36 Å². The predicted octanol–water partition coefficient (Wildman–Crippen LogP) is 4.15. The summed E-state index contributed by atoms with van der Waals surface area (Å²) in [5, 5.41) is -0.179. The van der Waals surface area contributed by atoms with Crippen LogP contribution in [0, 0.1) is 5.92 Å². The van der Waals surface area contributed by atoms with Crippen molar-refractivity contribution in [1.29, 1.82) is 0 Å². The zero-order chi connectivity index (χ0) is 21.3. The fraction of sp³-hybridized carbons (Fsp3) is 0.421. The predicted molar refractivity (Wildman–Crippen MR) is 102 cm³/mol. The van der Waals surface area contributed by atoms with Crippen LogP contribution in [0.3, 0.4) is 0 Å². The number of hydrogen-bond acceptors (Lipinski definition) is 5. The molecule has 156 valence electrons. The van der Waals surface area contributed by atoms with Crippen molar-refractivity contribution in [2.75, 3.05) is 19.0 Å². The van der Waals surface area contributed by atoms with Gasteiger partial charge in [-0.1, -0.05) is 17.7 Å². The second-order valence-corrected chi connectivity index (χ2v) is 7.56. The molecule has 1 N–H and O–H groups in total. The highest BCUT2D eigenvalue weighted by Gasteiger charge is 2.36. The summed E-state index contributed by atoms with van der Waals surface area (Å²) in [6, 6.07) is 5.18. The largest absolute Gasteiger partial charge is 0.573 e. The zero-order valence-electron chi connectivity index (χ0n) is 15.7. The first-order valence-corrected chi connectivity index (χ1v) is 9.28. The third-order valence-electron chi connectivity index (χ3n) is 4.64. The zero-order valence-corrected chi connectivity index (χ0v) is 16.5. The van der Waals surface area contributed by atoms with Gasteiger partial charge in [-0.3, -0.25) is 14.6 Å². The number of benzene rings is 1. The number of H-pyrrole nitrogens is 1. The molecule has 0 saturated heterocycles. The molecule has 1 atom stereocenters. The van der Waals surface area contributed by atoms with Crippen LogP contribution in [-0.4, -0.2) is 36.2 Å². The molecule has 10 heteroatoms. The van der Waals surface area contributed by atoms with Crippen LogP contribution >= 0.6 is 11.6 Å². The van der Waals surface area contributed by atoms with Crippen molar-refractivity contribution in [3.8, 4) is 5.75 Å². The van der Waals surface area contributed by atoms with Gasteiger partial charge in [-0.2, -0.15) is 0 Å². The maximum Gasteiger partial charge on any atom is 0.573 e. The lowest BCUT2D eigenvalue weighted by molar-refractivity contribution is -0.274. The Hall–Kier alpha value is -2.55. The summed E-state index contributed by atoms with van der Waals surface area (Å²) in [6.07, 6.45) is -2.96. The van der Waals surface area contributed by atoms with Gasteiger partial charge in [0, 0.05) is 26.6 Å². The molecule has 1 aromatic carbocycles. The molecular formula is C19H19ClF3N3O3. The number of alkyl halides is 3. The molecule has 1 saturated carbocycles. The Balaban J connectivity index is 1.84. The Morgan fingerprint density at radius 1 is 1.34 bits per heavy atom. The van der Waals surface area contributed by atoms with Crippen molar-refractivity contribution < 1.29 is 22.7 Å². The first-order chi connectivity index (χ1) is 13.5. The number of ketones is 1. The molecule has 1 aromatic heterocycles. The minimum atomic E-state index is -4.84. The number of aromatic amines is 1. The molecule has 1 aliphatic carbocycles. The number of carbonyl (C=O) groups is 1. The SMILES string of the molecule is CN(C)c1nc(C(=O)C[C@@H](c2ccc(OC(F)(F)F)c(Cl)c2)C2CC2)cc(=O)[nH]1. The van der Waals surface area contributed by atoms with Gasteiger partial charge in [-0.25, -0.2) is 4.98 Å². The summed E-state index contributed by atoms with van der Waals surface area (Å²) in [7, 11) is 3.37. The minimum Gasteiger partial charge on any atom is -0.404 e. The van der Waals surface area contributed by atoms with Gasteiger partial charge in [-0.05, 0) is 42.4 Å². The first kappa shape index (κ1) is 21.2. The van der Waals surface area contributed by atoms with Gasteiger partial charge in [0.25, 0.3) is 5.56 Å². The number of hydrogen-bond donors (Lipinski definition) is 1. The van der Waals surface area contributed by atoms with Crippen LogP contribution in [-0.2, 0) is 0 Å². The highest BCUT2D eigenvalue weighted by Crippen LogP contribution is 2.46. The Morgan fingerprint density at radius 3 is 2.59 bits per heavy atom. The van der Waals surface area contributed by atoms with Crippen molar-refractivity contribution in [1.82, 2.24) is 9.97 Å². The van der Waals surface area contributed by atoms with E-state index in [1.165, 1.54) is 12.1 Å². The van der Waals surface area contributed by atoms with Crippen LogP contribution in [0.2, 0.25) is 5.02 Å². The number of nitrogens with zero attached hydrogens (tertiary/aromatic N) is 2. The van der Waals surface area contributed by atoms with Gasteiger partial charge in [0.15, 0.2) is 5.78 Å². The lowest BCUT2D eigenvalue weighted by atomic mass is 9.88. The number of halogens is 4. The molecule has 0 radical (unpaired) electrons. The van der Waals surface area contributed by atoms with Crippen LogP contribution < -0.4 is 15.2 Å². The van der Waals surface area contributed by atoms with E-state index in [0.29, 0.717) is 5.56 Å². The number of ether oxygens (including phenoxy) is 1. The quantitative estimate of drug-likeness (QED) is 0.669. The molecule has 0 unspecified atom stereocenters. The maximum atomic E-state index is 12.8. The molecule has 6 nitrogen and oxygen atoms in total. The van der Waals surface area contributed by atoms with Crippen molar-refractivity contribution >= 4 is 23.3 Å². The van der Waals surface area contributed by atoms with E-state index in [0.717, 1.165) is 25.0 Å². The Labute approximate surface area is 169 Å². The number of carbonyl (C=O) groups excluding carboxylic acids is 1. The number of nitrogens with one attached hydrogen (secondary N) is 1. The Morgan fingerprint density at radius 2 is 2.03 bits per heavy atom. The topological polar surface area (TPSA) is 75.3 Å². The normalized spacial score (nSPS) is 15.1. The van der Waals surface area contributed by atoms with E-state index in [2.05, 4.69) is 14.7 Å². The van der Waals surface area contributed by atoms with Crippen LogP contribution in [0.4, 0.5) is 19.1 Å². The first-order valence-electron chi connectivity index (χ1n) is 8.90. The summed E-state index contributed by atoms with van der Waals surface area (Å²) >= 11 is 5.96. The van der Waals surface area contributed by atoms with Crippen LogP contribution in [0.5, 0.6) is 5.75 Å². The van der Waals surface area contributed by atoms with E-state index in [-0.39, 0.29) is 40.7 Å². The number of anilines is 1. The molecule has 29 heavy (non-hydrogen) atoms. The number of aromatic nitrogens is 2. The highest BCUT2D eigenvalue weighted by atomic mass is 35.5. The Bertz CT molecular complexity index is 971. The molecule has 3 rings (SSSR count). The summed E-state index contributed by atoms with van der Waals surface area (Å²) in [5.41, 5.74) is 0.260. The molecule has 1 fully saturated rings. The third-order valence-corrected chi connectivity index (χ3v) is 4.94. The van der Waals surface area contributed by atoms with Crippen LogP contribution in [0.1, 0.15) is 41.2 Å². The van der Waals surface area contributed by atoms with Crippen molar-refractivity contribution in [2.45, 2.75) is 31.5 Å². The number of rotatable bonds is 7. The minimum absolute atomic E-state index is 0.0474. The van der Waals surface area contributed by atoms with Gasteiger partial charge in [-0.15, -0.1) is 13.2 Å². The molecule has 0 spiro atoms. The van der Waals surface area contributed by atoms with Gasteiger partial charge in [0.05, 0.1) is 5.02 Å². The monoisotopic (exact) mass is 429 g/mol. The number of Topliss-reactive ketones (excluding diaryl/α,β-unsaturated/α-hetero) is 1. The molecule has 0 amide bonds. The average Bonchev–Trinajstić information content (AvgIpc) is 3.44. The van der Waals surface area contributed by atoms with Crippen molar-refractivity contribution in [3.63, 3.8) is 0 Å².